The van der Waals surface area contributed by atoms with Crippen LogP contribution in [0.3, 0.4) is 0 Å². The van der Waals surface area contributed by atoms with Crippen LogP contribution in [0.1, 0.15) is 24.0 Å². The third-order valence-electron chi connectivity index (χ3n) is 3.13. The molecule has 1 aromatic rings. The van der Waals surface area contributed by atoms with Crippen molar-refractivity contribution in [2.45, 2.75) is 37.1 Å². The third-order valence-corrected chi connectivity index (χ3v) is 4.87. The van der Waals surface area contributed by atoms with Gasteiger partial charge in [-0.25, -0.2) is 13.1 Å². The number of aliphatic hydroxyl groups is 1. The molecule has 94 valence electrons. The van der Waals surface area contributed by atoms with E-state index < -0.39 is 15.6 Å². The molecule has 1 aromatic carbocycles. The quantitative estimate of drug-likeness (QED) is 0.847. The minimum atomic E-state index is -3.52. The summed E-state index contributed by atoms with van der Waals surface area (Å²) < 4.78 is 26.9. The van der Waals surface area contributed by atoms with Crippen LogP contribution in [0.4, 0.5) is 0 Å². The van der Waals surface area contributed by atoms with Gasteiger partial charge < -0.3 is 5.11 Å². The first-order valence-corrected chi connectivity index (χ1v) is 7.09. The minimum Gasteiger partial charge on any atom is -0.394 e. The van der Waals surface area contributed by atoms with Gasteiger partial charge in [0.05, 0.1) is 17.0 Å². The van der Waals surface area contributed by atoms with Crippen LogP contribution in [0, 0.1) is 13.8 Å². The van der Waals surface area contributed by atoms with Crippen molar-refractivity contribution in [3.63, 3.8) is 0 Å². The van der Waals surface area contributed by atoms with Crippen molar-refractivity contribution in [3.05, 3.63) is 29.3 Å². The largest absolute Gasteiger partial charge is 0.394 e. The fourth-order valence-electron chi connectivity index (χ4n) is 1.88. The summed E-state index contributed by atoms with van der Waals surface area (Å²) in [4.78, 5) is 0.294. The topological polar surface area (TPSA) is 66.4 Å². The van der Waals surface area contributed by atoms with E-state index in [0.717, 1.165) is 11.1 Å². The molecule has 0 saturated heterocycles. The van der Waals surface area contributed by atoms with Crippen LogP contribution in [-0.4, -0.2) is 25.7 Å². The number of rotatable bonds is 4. The molecule has 0 atom stereocenters. The Labute approximate surface area is 102 Å². The van der Waals surface area contributed by atoms with Crippen molar-refractivity contribution in [3.8, 4) is 0 Å². The number of benzene rings is 1. The monoisotopic (exact) mass is 255 g/mol. The molecule has 2 rings (SSSR count). The van der Waals surface area contributed by atoms with Crippen molar-refractivity contribution in [1.29, 1.82) is 0 Å². The second kappa shape index (κ2) is 4.08. The molecule has 1 fully saturated rings. The van der Waals surface area contributed by atoms with E-state index in [9.17, 15) is 8.42 Å². The lowest BCUT2D eigenvalue weighted by molar-refractivity contribution is 0.246. The highest BCUT2D eigenvalue weighted by Crippen LogP contribution is 2.36. The molecule has 0 aliphatic heterocycles. The van der Waals surface area contributed by atoms with Crippen LogP contribution in [0.15, 0.2) is 23.1 Å². The average Bonchev–Trinajstić information content (AvgIpc) is 2.97. The van der Waals surface area contributed by atoms with Gasteiger partial charge >= 0.3 is 0 Å². The Balaban J connectivity index is 2.32. The summed E-state index contributed by atoms with van der Waals surface area (Å²) >= 11 is 0. The van der Waals surface area contributed by atoms with Crippen molar-refractivity contribution >= 4 is 10.0 Å². The van der Waals surface area contributed by atoms with Crippen molar-refractivity contribution in [2.75, 3.05) is 6.61 Å². The zero-order chi connectivity index (χ0) is 12.7. The van der Waals surface area contributed by atoms with Gasteiger partial charge in [0, 0.05) is 0 Å². The van der Waals surface area contributed by atoms with Crippen LogP contribution in [-0.2, 0) is 10.0 Å². The lowest BCUT2D eigenvalue weighted by Gasteiger charge is -2.16. The molecule has 0 heterocycles. The molecule has 1 aliphatic rings. The first-order chi connectivity index (χ1) is 7.88. The number of aryl methyl sites for hydroxylation is 2. The molecule has 5 heteroatoms. The Morgan fingerprint density at radius 3 is 2.47 bits per heavy atom. The number of hydrogen-bond donors (Lipinski definition) is 2. The van der Waals surface area contributed by atoms with Gasteiger partial charge in [-0.15, -0.1) is 0 Å². The molecule has 0 radical (unpaired) electrons. The van der Waals surface area contributed by atoms with Crippen LogP contribution in [0.25, 0.3) is 0 Å². The van der Waals surface area contributed by atoms with E-state index in [4.69, 9.17) is 5.11 Å². The predicted molar refractivity (Wildman–Crippen MR) is 65.3 cm³/mol. The molecule has 0 bridgehead atoms. The van der Waals surface area contributed by atoms with Gasteiger partial charge in [-0.2, -0.15) is 0 Å². The molecule has 17 heavy (non-hydrogen) atoms. The lowest BCUT2D eigenvalue weighted by Crippen LogP contribution is -2.39. The maximum atomic E-state index is 12.2. The first kappa shape index (κ1) is 12.5. The SMILES string of the molecule is Cc1ccc(S(=O)(=O)NC2(CO)CC2)c(C)c1. The second-order valence-electron chi connectivity index (χ2n) is 4.81. The van der Waals surface area contributed by atoms with Gasteiger partial charge in [-0.05, 0) is 38.3 Å². The summed E-state index contributed by atoms with van der Waals surface area (Å²) in [6.07, 6.45) is 1.40. The summed E-state index contributed by atoms with van der Waals surface area (Å²) in [7, 11) is -3.52. The molecule has 0 aromatic heterocycles. The van der Waals surface area contributed by atoms with Gasteiger partial charge in [0.15, 0.2) is 0 Å². The van der Waals surface area contributed by atoms with Crippen molar-refractivity contribution < 1.29 is 13.5 Å². The smallest absolute Gasteiger partial charge is 0.241 e. The minimum absolute atomic E-state index is 0.142. The summed E-state index contributed by atoms with van der Waals surface area (Å²) in [6, 6.07) is 5.23. The zero-order valence-corrected chi connectivity index (χ0v) is 10.8. The van der Waals surface area contributed by atoms with Gasteiger partial charge in [0.1, 0.15) is 0 Å². The molecule has 4 nitrogen and oxygen atoms in total. The van der Waals surface area contributed by atoms with E-state index in [2.05, 4.69) is 4.72 Å². The van der Waals surface area contributed by atoms with Crippen molar-refractivity contribution in [2.24, 2.45) is 0 Å². The molecule has 0 unspecified atom stereocenters. The van der Waals surface area contributed by atoms with E-state index in [0.29, 0.717) is 17.7 Å². The van der Waals surface area contributed by atoms with Crippen LogP contribution >= 0.6 is 0 Å². The first-order valence-electron chi connectivity index (χ1n) is 5.61. The maximum Gasteiger partial charge on any atom is 0.241 e. The van der Waals surface area contributed by atoms with E-state index in [-0.39, 0.29) is 6.61 Å². The second-order valence-corrected chi connectivity index (χ2v) is 6.46. The highest BCUT2D eigenvalue weighted by atomic mass is 32.2. The molecule has 1 saturated carbocycles. The number of hydrogen-bond acceptors (Lipinski definition) is 3. The van der Waals surface area contributed by atoms with Gasteiger partial charge in [0.2, 0.25) is 10.0 Å². The van der Waals surface area contributed by atoms with Crippen molar-refractivity contribution in [1.82, 2.24) is 4.72 Å². The van der Waals surface area contributed by atoms with Gasteiger partial charge in [0.25, 0.3) is 0 Å². The summed E-state index contributed by atoms with van der Waals surface area (Å²) in [5.74, 6) is 0. The van der Waals surface area contributed by atoms with Gasteiger partial charge in [-0.1, -0.05) is 17.7 Å². The Morgan fingerprint density at radius 2 is 2.00 bits per heavy atom. The number of aliphatic hydroxyl groups excluding tert-OH is 1. The molecule has 2 N–H and O–H groups in total. The van der Waals surface area contributed by atoms with E-state index in [1.165, 1.54) is 0 Å². The van der Waals surface area contributed by atoms with E-state index >= 15 is 0 Å². The summed E-state index contributed by atoms with van der Waals surface area (Å²) in [6.45, 7) is 3.56. The standard InChI is InChI=1S/C12H17NO3S/c1-9-3-4-11(10(2)7-9)17(15,16)13-12(8-14)5-6-12/h3-4,7,13-14H,5-6,8H2,1-2H3. The zero-order valence-electron chi connectivity index (χ0n) is 10.0. The Morgan fingerprint density at radius 1 is 1.35 bits per heavy atom. The van der Waals surface area contributed by atoms with Crippen LogP contribution in [0.2, 0.25) is 0 Å². The maximum absolute atomic E-state index is 12.2. The highest BCUT2D eigenvalue weighted by Gasteiger charge is 2.45. The fourth-order valence-corrected chi connectivity index (χ4v) is 3.56. The average molecular weight is 255 g/mol. The summed E-state index contributed by atoms with van der Waals surface area (Å²) in [5.41, 5.74) is 1.15. The van der Waals surface area contributed by atoms with Gasteiger partial charge in [-0.3, -0.25) is 0 Å². The Hall–Kier alpha value is -0.910. The Kier molecular flexibility index (Phi) is 3.01. The molecule has 0 spiro atoms. The molecule has 0 amide bonds. The number of sulfonamides is 1. The van der Waals surface area contributed by atoms with E-state index in [1.807, 2.05) is 13.0 Å². The number of nitrogens with one attached hydrogen (secondary N) is 1. The van der Waals surface area contributed by atoms with Crippen LogP contribution in [0.5, 0.6) is 0 Å². The lowest BCUT2D eigenvalue weighted by atomic mass is 10.2. The summed E-state index contributed by atoms with van der Waals surface area (Å²) in [5, 5.41) is 9.15. The normalized spacial score (nSPS) is 18.1. The van der Waals surface area contributed by atoms with E-state index in [1.54, 1.807) is 19.1 Å². The Bertz CT molecular complexity index is 533. The highest BCUT2D eigenvalue weighted by molar-refractivity contribution is 7.89. The molecular weight excluding hydrogens is 238 g/mol. The predicted octanol–water partition coefficient (Wildman–Crippen LogP) is 1.11. The molecule has 1 aliphatic carbocycles. The third kappa shape index (κ3) is 2.51. The molecular formula is C12H17NO3S. The fraction of sp³-hybridized carbons (Fsp3) is 0.500. The van der Waals surface area contributed by atoms with Crippen LogP contribution < -0.4 is 4.72 Å².